The van der Waals surface area contributed by atoms with E-state index < -0.39 is 35.9 Å². The van der Waals surface area contributed by atoms with Gasteiger partial charge in [0.1, 0.15) is 17.5 Å². The fraction of sp³-hybridized carbons (Fsp3) is 0.333. The molecule has 1 aliphatic heterocycles. The number of nitrogens with one attached hydrogen (secondary N) is 1. The summed E-state index contributed by atoms with van der Waals surface area (Å²) in [6.07, 6.45) is 1.23. The minimum absolute atomic E-state index is 0.0467. The standard InChI is InChI=1S/C18H19BF2N2O3/c1-17(2)18(3,4)26-19(25-17)13-6-5-11(9-14(13)21)16(24)23-15-10-12(20)7-8-22-15/h5-10H,1-4H3,(H,22,23,24). The quantitative estimate of drug-likeness (QED) is 0.856. The maximum Gasteiger partial charge on any atom is 0.497 e. The van der Waals surface area contributed by atoms with Crippen LogP contribution < -0.4 is 10.8 Å². The van der Waals surface area contributed by atoms with Crippen LogP contribution in [-0.2, 0) is 9.31 Å². The molecule has 3 rings (SSSR count). The van der Waals surface area contributed by atoms with Crippen LogP contribution in [0.1, 0.15) is 38.1 Å². The van der Waals surface area contributed by atoms with Gasteiger partial charge < -0.3 is 14.6 Å². The topological polar surface area (TPSA) is 60.5 Å². The molecule has 0 aliphatic carbocycles. The van der Waals surface area contributed by atoms with Crippen molar-refractivity contribution < 1.29 is 22.9 Å². The molecule has 1 N–H and O–H groups in total. The SMILES string of the molecule is CC1(C)OB(c2ccc(C(=O)Nc3cc(F)ccn3)cc2F)OC1(C)C. The van der Waals surface area contributed by atoms with Crippen molar-refractivity contribution in [2.45, 2.75) is 38.9 Å². The first-order valence-electron chi connectivity index (χ1n) is 8.17. The first-order chi connectivity index (χ1) is 12.1. The highest BCUT2D eigenvalue weighted by molar-refractivity contribution is 6.62. The Labute approximate surface area is 150 Å². The Morgan fingerprint density at radius 1 is 1.08 bits per heavy atom. The molecule has 0 spiro atoms. The third kappa shape index (κ3) is 3.47. The lowest BCUT2D eigenvalue weighted by atomic mass is 9.78. The highest BCUT2D eigenvalue weighted by Crippen LogP contribution is 2.36. The lowest BCUT2D eigenvalue weighted by molar-refractivity contribution is 0.00578. The van der Waals surface area contributed by atoms with E-state index in [-0.39, 0.29) is 16.8 Å². The summed E-state index contributed by atoms with van der Waals surface area (Å²) < 4.78 is 39.4. The molecular formula is C18H19BF2N2O3. The number of nitrogens with zero attached hydrogens (tertiary/aromatic N) is 1. The van der Waals surface area contributed by atoms with Gasteiger partial charge in [-0.2, -0.15) is 0 Å². The fourth-order valence-corrected chi connectivity index (χ4v) is 2.49. The van der Waals surface area contributed by atoms with Crippen molar-refractivity contribution in [2.24, 2.45) is 0 Å². The number of carbonyl (C=O) groups is 1. The Balaban J connectivity index is 1.79. The van der Waals surface area contributed by atoms with Gasteiger partial charge >= 0.3 is 7.12 Å². The van der Waals surface area contributed by atoms with Gasteiger partial charge in [-0.15, -0.1) is 0 Å². The Morgan fingerprint density at radius 2 is 1.73 bits per heavy atom. The number of amides is 1. The lowest BCUT2D eigenvalue weighted by Crippen LogP contribution is -2.41. The zero-order chi connectivity index (χ0) is 19.1. The number of carbonyl (C=O) groups excluding carboxylic acids is 1. The van der Waals surface area contributed by atoms with E-state index in [0.717, 1.165) is 18.2 Å². The summed E-state index contributed by atoms with van der Waals surface area (Å²) in [5.41, 5.74) is -0.898. The van der Waals surface area contributed by atoms with E-state index in [9.17, 15) is 13.6 Å². The molecule has 1 aliphatic rings. The Bertz CT molecular complexity index is 842. The van der Waals surface area contributed by atoms with Crippen LogP contribution in [0.3, 0.4) is 0 Å². The number of hydrogen-bond donors (Lipinski definition) is 1. The highest BCUT2D eigenvalue weighted by Gasteiger charge is 2.52. The third-order valence-corrected chi connectivity index (χ3v) is 4.73. The van der Waals surface area contributed by atoms with Crippen molar-refractivity contribution in [3.8, 4) is 0 Å². The number of anilines is 1. The number of aromatic nitrogens is 1. The molecule has 136 valence electrons. The van der Waals surface area contributed by atoms with Crippen LogP contribution in [0.25, 0.3) is 0 Å². The van der Waals surface area contributed by atoms with Crippen molar-refractivity contribution in [2.75, 3.05) is 5.32 Å². The maximum atomic E-state index is 14.6. The summed E-state index contributed by atoms with van der Waals surface area (Å²) >= 11 is 0. The van der Waals surface area contributed by atoms with E-state index in [1.807, 2.05) is 27.7 Å². The Morgan fingerprint density at radius 3 is 2.31 bits per heavy atom. The van der Waals surface area contributed by atoms with Crippen LogP contribution in [0, 0.1) is 11.6 Å². The smallest absolute Gasteiger partial charge is 0.399 e. The molecule has 0 atom stereocenters. The molecule has 0 bridgehead atoms. The van der Waals surface area contributed by atoms with Crippen LogP contribution in [0.5, 0.6) is 0 Å². The van der Waals surface area contributed by atoms with Gasteiger partial charge in [-0.25, -0.2) is 13.8 Å². The summed E-state index contributed by atoms with van der Waals surface area (Å²) in [4.78, 5) is 16.0. The van der Waals surface area contributed by atoms with Gasteiger partial charge in [0.25, 0.3) is 5.91 Å². The van der Waals surface area contributed by atoms with Crippen LogP contribution in [0.4, 0.5) is 14.6 Å². The van der Waals surface area contributed by atoms with E-state index >= 15 is 0 Å². The van der Waals surface area contributed by atoms with Crippen LogP contribution in [0.2, 0.25) is 0 Å². The first kappa shape index (κ1) is 18.5. The molecule has 2 aromatic rings. The number of hydrogen-bond acceptors (Lipinski definition) is 4. The largest absolute Gasteiger partial charge is 0.497 e. The van der Waals surface area contributed by atoms with Crippen LogP contribution in [0.15, 0.2) is 36.5 Å². The summed E-state index contributed by atoms with van der Waals surface area (Å²) in [7, 11) is -0.859. The lowest BCUT2D eigenvalue weighted by Gasteiger charge is -2.32. The molecule has 5 nitrogen and oxygen atoms in total. The zero-order valence-corrected chi connectivity index (χ0v) is 15.0. The van der Waals surface area contributed by atoms with E-state index in [0.29, 0.717) is 0 Å². The van der Waals surface area contributed by atoms with Gasteiger partial charge in [-0.3, -0.25) is 4.79 Å². The monoisotopic (exact) mass is 360 g/mol. The van der Waals surface area contributed by atoms with Crippen LogP contribution in [-0.4, -0.2) is 29.2 Å². The van der Waals surface area contributed by atoms with Gasteiger partial charge in [0.05, 0.1) is 11.2 Å². The summed E-state index contributed by atoms with van der Waals surface area (Å²) in [6.45, 7) is 7.49. The molecule has 0 unspecified atom stereocenters. The fourth-order valence-electron chi connectivity index (χ4n) is 2.49. The van der Waals surface area contributed by atoms with Crippen molar-refractivity contribution in [1.82, 2.24) is 4.98 Å². The van der Waals surface area contributed by atoms with E-state index in [1.165, 1.54) is 18.3 Å². The summed E-state index contributed by atoms with van der Waals surface area (Å²) in [6, 6.07) is 6.24. The second kappa shape index (κ2) is 6.44. The van der Waals surface area contributed by atoms with Gasteiger partial charge in [0, 0.05) is 23.3 Å². The molecule has 1 aromatic carbocycles. The normalized spacial score (nSPS) is 18.0. The van der Waals surface area contributed by atoms with Gasteiger partial charge in [0.15, 0.2) is 0 Å². The highest BCUT2D eigenvalue weighted by atomic mass is 19.1. The average Bonchev–Trinajstić information content (AvgIpc) is 2.75. The summed E-state index contributed by atoms with van der Waals surface area (Å²) in [5, 5.41) is 2.42. The second-order valence-electron chi connectivity index (χ2n) is 7.14. The Hall–Kier alpha value is -2.32. The minimum atomic E-state index is -0.859. The zero-order valence-electron chi connectivity index (χ0n) is 15.0. The van der Waals surface area contributed by atoms with Gasteiger partial charge in [-0.05, 0) is 45.9 Å². The minimum Gasteiger partial charge on any atom is -0.399 e. The number of pyridine rings is 1. The molecule has 0 saturated carbocycles. The van der Waals surface area contributed by atoms with Crippen molar-refractivity contribution in [3.63, 3.8) is 0 Å². The van der Waals surface area contributed by atoms with Gasteiger partial charge in [-0.1, -0.05) is 6.07 Å². The van der Waals surface area contributed by atoms with E-state index in [1.54, 1.807) is 0 Å². The maximum absolute atomic E-state index is 14.6. The number of benzene rings is 1. The second-order valence-corrected chi connectivity index (χ2v) is 7.14. The molecule has 26 heavy (non-hydrogen) atoms. The molecule has 1 fully saturated rings. The van der Waals surface area contributed by atoms with E-state index in [2.05, 4.69) is 10.3 Å². The predicted molar refractivity (Wildman–Crippen MR) is 94.3 cm³/mol. The van der Waals surface area contributed by atoms with Crippen molar-refractivity contribution in [3.05, 3.63) is 53.7 Å². The van der Waals surface area contributed by atoms with Crippen molar-refractivity contribution in [1.29, 1.82) is 0 Å². The number of rotatable bonds is 3. The molecule has 2 heterocycles. The summed E-state index contributed by atoms with van der Waals surface area (Å²) in [5.74, 6) is -1.70. The van der Waals surface area contributed by atoms with Crippen LogP contribution >= 0.6 is 0 Å². The molecule has 8 heteroatoms. The predicted octanol–water partition coefficient (Wildman–Crippen LogP) is 2.91. The number of halogens is 2. The van der Waals surface area contributed by atoms with E-state index in [4.69, 9.17) is 9.31 Å². The van der Waals surface area contributed by atoms with Crippen molar-refractivity contribution >= 4 is 24.3 Å². The Kier molecular flexibility index (Phi) is 4.58. The molecule has 1 saturated heterocycles. The third-order valence-electron chi connectivity index (χ3n) is 4.73. The van der Waals surface area contributed by atoms with Gasteiger partial charge in [0.2, 0.25) is 0 Å². The molecule has 0 radical (unpaired) electrons. The molecule has 1 amide bonds. The first-order valence-corrected chi connectivity index (χ1v) is 8.17. The average molecular weight is 360 g/mol. The molecule has 1 aromatic heterocycles. The molecular weight excluding hydrogens is 341 g/mol.